The normalized spacial score (nSPS) is 20.2. The molecule has 1 aromatic rings. The summed E-state index contributed by atoms with van der Waals surface area (Å²) in [6, 6.07) is 6.10. The van der Waals surface area contributed by atoms with Crippen molar-refractivity contribution in [1.82, 2.24) is 4.90 Å². The Bertz CT molecular complexity index is 552. The van der Waals surface area contributed by atoms with Crippen LogP contribution in [-0.4, -0.2) is 44.3 Å². The quantitative estimate of drug-likeness (QED) is 0.629. The SMILES string of the molecule is COC(=O)[C@@H]1C=C[C@H](c2ccc(OC)cc2)N1C(=O)OC. The molecule has 6 nitrogen and oxygen atoms in total. The Hall–Kier alpha value is -2.50. The van der Waals surface area contributed by atoms with Gasteiger partial charge in [0.15, 0.2) is 6.04 Å². The summed E-state index contributed by atoms with van der Waals surface area (Å²) in [5.74, 6) is 0.211. The zero-order valence-electron chi connectivity index (χ0n) is 12.1. The predicted octanol–water partition coefficient (Wildman–Crippen LogP) is 1.92. The summed E-state index contributed by atoms with van der Waals surface area (Å²) < 4.78 is 14.6. The standard InChI is InChI=1S/C15H17NO5/c1-19-11-6-4-10(5-7-11)12-8-9-13(14(17)20-2)16(12)15(18)21-3/h4-9,12-13H,1-3H3/t12-,13+/m1/s1. The maximum absolute atomic E-state index is 12.0. The number of rotatable bonds is 3. The van der Waals surface area contributed by atoms with Crippen molar-refractivity contribution >= 4 is 12.1 Å². The lowest BCUT2D eigenvalue weighted by molar-refractivity contribution is -0.144. The van der Waals surface area contributed by atoms with Crippen molar-refractivity contribution in [3.8, 4) is 5.75 Å². The van der Waals surface area contributed by atoms with E-state index in [1.165, 1.54) is 19.1 Å². The van der Waals surface area contributed by atoms with Crippen molar-refractivity contribution in [2.75, 3.05) is 21.3 Å². The number of nitrogens with zero attached hydrogens (tertiary/aromatic N) is 1. The lowest BCUT2D eigenvalue weighted by Gasteiger charge is -2.28. The van der Waals surface area contributed by atoms with Gasteiger partial charge in [-0.05, 0) is 17.7 Å². The highest BCUT2D eigenvalue weighted by atomic mass is 16.5. The summed E-state index contributed by atoms with van der Waals surface area (Å²) in [6.45, 7) is 0. The molecule has 112 valence electrons. The van der Waals surface area contributed by atoms with Gasteiger partial charge in [0.25, 0.3) is 0 Å². The Morgan fingerprint density at radius 3 is 2.19 bits per heavy atom. The first kappa shape index (κ1) is 14.9. The Balaban J connectivity index is 2.31. The van der Waals surface area contributed by atoms with Gasteiger partial charge in [-0.3, -0.25) is 4.90 Å². The molecule has 2 atom stereocenters. The molecule has 0 N–H and O–H groups in total. The monoisotopic (exact) mass is 291 g/mol. The van der Waals surface area contributed by atoms with E-state index in [0.717, 1.165) is 11.3 Å². The lowest BCUT2D eigenvalue weighted by atomic mass is 10.1. The molecule has 21 heavy (non-hydrogen) atoms. The molecule has 1 amide bonds. The predicted molar refractivity (Wildman–Crippen MR) is 74.9 cm³/mol. The molecule has 0 unspecified atom stereocenters. The van der Waals surface area contributed by atoms with Gasteiger partial charge in [0.1, 0.15) is 5.75 Å². The molecule has 0 spiro atoms. The number of carbonyl (C=O) groups is 2. The highest BCUT2D eigenvalue weighted by molar-refractivity contribution is 5.85. The van der Waals surface area contributed by atoms with Crippen LogP contribution in [0.2, 0.25) is 0 Å². The number of amides is 1. The Kier molecular flexibility index (Phi) is 4.47. The molecule has 6 heteroatoms. The fourth-order valence-electron chi connectivity index (χ4n) is 2.29. The Morgan fingerprint density at radius 1 is 1.00 bits per heavy atom. The number of esters is 1. The van der Waals surface area contributed by atoms with Crippen molar-refractivity contribution in [3.63, 3.8) is 0 Å². The zero-order chi connectivity index (χ0) is 15.4. The Morgan fingerprint density at radius 2 is 1.67 bits per heavy atom. The van der Waals surface area contributed by atoms with Crippen LogP contribution in [0.3, 0.4) is 0 Å². The van der Waals surface area contributed by atoms with Gasteiger partial charge in [-0.2, -0.15) is 0 Å². The fourth-order valence-corrected chi connectivity index (χ4v) is 2.29. The molecule has 0 bridgehead atoms. The first-order valence-electron chi connectivity index (χ1n) is 6.38. The fraction of sp³-hybridized carbons (Fsp3) is 0.333. The van der Waals surface area contributed by atoms with Gasteiger partial charge in [0, 0.05) is 0 Å². The van der Waals surface area contributed by atoms with Crippen molar-refractivity contribution in [2.24, 2.45) is 0 Å². The summed E-state index contributed by atoms with van der Waals surface area (Å²) in [6.07, 6.45) is 2.83. The molecule has 1 aliphatic rings. The van der Waals surface area contributed by atoms with Gasteiger partial charge in [0.2, 0.25) is 0 Å². The largest absolute Gasteiger partial charge is 0.497 e. The molecule has 0 saturated carbocycles. The number of carbonyl (C=O) groups excluding carboxylic acids is 2. The van der Waals surface area contributed by atoms with Crippen molar-refractivity contribution < 1.29 is 23.8 Å². The lowest BCUT2D eigenvalue weighted by Crippen LogP contribution is -2.42. The van der Waals surface area contributed by atoms with Crippen LogP contribution in [0.5, 0.6) is 5.75 Å². The number of hydrogen-bond acceptors (Lipinski definition) is 5. The van der Waals surface area contributed by atoms with E-state index in [1.807, 2.05) is 12.1 Å². The van der Waals surface area contributed by atoms with E-state index in [9.17, 15) is 9.59 Å². The molecule has 0 fully saturated rings. The first-order valence-corrected chi connectivity index (χ1v) is 6.38. The molecule has 1 heterocycles. The van der Waals surface area contributed by atoms with Crippen LogP contribution in [0.15, 0.2) is 36.4 Å². The van der Waals surface area contributed by atoms with Crippen LogP contribution in [0, 0.1) is 0 Å². The van der Waals surface area contributed by atoms with Gasteiger partial charge in [-0.25, -0.2) is 9.59 Å². The van der Waals surface area contributed by atoms with Crippen LogP contribution < -0.4 is 4.74 Å². The van der Waals surface area contributed by atoms with E-state index in [0.29, 0.717) is 0 Å². The summed E-state index contributed by atoms with van der Waals surface area (Å²) in [7, 11) is 4.14. The second-order valence-electron chi connectivity index (χ2n) is 4.45. The second kappa shape index (κ2) is 6.30. The number of methoxy groups -OCH3 is 3. The van der Waals surface area contributed by atoms with Gasteiger partial charge in [0.05, 0.1) is 27.4 Å². The smallest absolute Gasteiger partial charge is 0.411 e. The van der Waals surface area contributed by atoms with Gasteiger partial charge >= 0.3 is 12.1 Å². The van der Waals surface area contributed by atoms with E-state index in [4.69, 9.17) is 14.2 Å². The average Bonchev–Trinajstić information content (AvgIpc) is 2.98. The molecular weight excluding hydrogens is 274 g/mol. The van der Waals surface area contributed by atoms with Gasteiger partial charge in [-0.1, -0.05) is 24.3 Å². The maximum atomic E-state index is 12.0. The van der Waals surface area contributed by atoms with E-state index >= 15 is 0 Å². The summed E-state index contributed by atoms with van der Waals surface area (Å²) in [5.41, 5.74) is 0.851. The third kappa shape index (κ3) is 2.84. The maximum Gasteiger partial charge on any atom is 0.411 e. The number of benzene rings is 1. The van der Waals surface area contributed by atoms with Crippen LogP contribution in [0.25, 0.3) is 0 Å². The highest BCUT2D eigenvalue weighted by Gasteiger charge is 2.39. The molecule has 2 rings (SSSR count). The number of ether oxygens (including phenoxy) is 3. The minimum Gasteiger partial charge on any atom is -0.497 e. The molecular formula is C15H17NO5. The van der Waals surface area contributed by atoms with Gasteiger partial charge in [-0.15, -0.1) is 0 Å². The first-order chi connectivity index (χ1) is 10.1. The number of hydrogen-bond donors (Lipinski definition) is 0. The molecule has 0 saturated heterocycles. The van der Waals surface area contributed by atoms with E-state index < -0.39 is 18.1 Å². The van der Waals surface area contributed by atoms with Crippen molar-refractivity contribution in [3.05, 3.63) is 42.0 Å². The van der Waals surface area contributed by atoms with E-state index in [-0.39, 0.29) is 6.04 Å². The third-order valence-corrected chi connectivity index (χ3v) is 3.36. The minimum atomic E-state index is -0.783. The van der Waals surface area contributed by atoms with Crippen LogP contribution in [0.1, 0.15) is 11.6 Å². The van der Waals surface area contributed by atoms with Crippen LogP contribution in [0.4, 0.5) is 4.79 Å². The van der Waals surface area contributed by atoms with E-state index in [2.05, 4.69) is 0 Å². The van der Waals surface area contributed by atoms with Crippen LogP contribution >= 0.6 is 0 Å². The third-order valence-electron chi connectivity index (χ3n) is 3.36. The second-order valence-corrected chi connectivity index (χ2v) is 4.45. The molecule has 0 aromatic heterocycles. The summed E-state index contributed by atoms with van der Waals surface area (Å²) >= 11 is 0. The van der Waals surface area contributed by atoms with Crippen molar-refractivity contribution in [1.29, 1.82) is 0 Å². The minimum absolute atomic E-state index is 0.382. The average molecular weight is 291 g/mol. The van der Waals surface area contributed by atoms with Crippen LogP contribution in [-0.2, 0) is 14.3 Å². The molecule has 0 radical (unpaired) electrons. The molecule has 1 aliphatic heterocycles. The summed E-state index contributed by atoms with van der Waals surface area (Å²) in [5, 5.41) is 0. The molecule has 1 aromatic carbocycles. The van der Waals surface area contributed by atoms with Crippen molar-refractivity contribution in [2.45, 2.75) is 12.1 Å². The Labute approximate surface area is 122 Å². The van der Waals surface area contributed by atoms with Gasteiger partial charge < -0.3 is 14.2 Å². The van der Waals surface area contributed by atoms with E-state index in [1.54, 1.807) is 31.4 Å². The summed E-state index contributed by atoms with van der Waals surface area (Å²) in [4.78, 5) is 25.1. The molecule has 0 aliphatic carbocycles. The highest BCUT2D eigenvalue weighted by Crippen LogP contribution is 2.32. The zero-order valence-corrected chi connectivity index (χ0v) is 12.1. The topological polar surface area (TPSA) is 65.1 Å².